The number of hydrogen-bond donors (Lipinski definition) is 1. The van der Waals surface area contributed by atoms with Gasteiger partial charge in [-0.2, -0.15) is 0 Å². The van der Waals surface area contributed by atoms with E-state index in [0.717, 1.165) is 25.6 Å². The van der Waals surface area contributed by atoms with Crippen molar-refractivity contribution in [2.45, 2.75) is 58.0 Å². The maximum absolute atomic E-state index is 5.25. The van der Waals surface area contributed by atoms with E-state index >= 15 is 0 Å². The Labute approximate surface area is 113 Å². The van der Waals surface area contributed by atoms with Crippen LogP contribution in [0, 0.1) is 5.92 Å². The average Bonchev–Trinajstić information content (AvgIpc) is 2.88. The second-order valence-electron chi connectivity index (χ2n) is 5.85. The van der Waals surface area contributed by atoms with Crippen LogP contribution in [0.15, 0.2) is 0 Å². The van der Waals surface area contributed by atoms with E-state index in [4.69, 9.17) is 4.74 Å². The highest BCUT2D eigenvalue weighted by Crippen LogP contribution is 2.28. The smallest absolute Gasteiger partial charge is 0.0615 e. The van der Waals surface area contributed by atoms with Crippen LogP contribution < -0.4 is 5.32 Å². The molecule has 0 radical (unpaired) electrons. The maximum atomic E-state index is 5.25. The van der Waals surface area contributed by atoms with Crippen molar-refractivity contribution in [2.24, 2.45) is 5.92 Å². The molecule has 0 heterocycles. The van der Waals surface area contributed by atoms with Crippen LogP contribution in [0.2, 0.25) is 0 Å². The van der Waals surface area contributed by atoms with Crippen LogP contribution in [-0.4, -0.2) is 50.8 Å². The molecule has 0 bridgehead atoms. The van der Waals surface area contributed by atoms with Gasteiger partial charge in [-0.05, 0) is 45.7 Å². The van der Waals surface area contributed by atoms with Gasteiger partial charge in [-0.3, -0.25) is 4.90 Å². The molecule has 0 aliphatic heterocycles. The van der Waals surface area contributed by atoms with Gasteiger partial charge in [0, 0.05) is 25.7 Å². The van der Waals surface area contributed by atoms with Gasteiger partial charge < -0.3 is 10.1 Å². The van der Waals surface area contributed by atoms with Crippen molar-refractivity contribution in [1.29, 1.82) is 0 Å². The van der Waals surface area contributed by atoms with Gasteiger partial charge in [-0.25, -0.2) is 0 Å². The summed E-state index contributed by atoms with van der Waals surface area (Å²) < 4.78 is 5.25. The van der Waals surface area contributed by atoms with E-state index in [1.807, 2.05) is 0 Å². The molecule has 1 aliphatic rings. The summed E-state index contributed by atoms with van der Waals surface area (Å²) in [5, 5.41) is 3.76. The van der Waals surface area contributed by atoms with Crippen molar-refractivity contribution in [2.75, 3.05) is 33.9 Å². The Morgan fingerprint density at radius 1 is 1.33 bits per heavy atom. The molecule has 1 rings (SSSR count). The molecule has 1 N–H and O–H groups in total. The third kappa shape index (κ3) is 5.25. The van der Waals surface area contributed by atoms with Gasteiger partial charge in [0.2, 0.25) is 0 Å². The van der Waals surface area contributed by atoms with Crippen LogP contribution in [0.4, 0.5) is 0 Å². The van der Waals surface area contributed by atoms with Crippen molar-refractivity contribution in [3.63, 3.8) is 0 Å². The van der Waals surface area contributed by atoms with Gasteiger partial charge in [0.25, 0.3) is 0 Å². The minimum absolute atomic E-state index is 0.502. The standard InChI is InChI=1S/C15H32N2O/c1-5-10-16-15(14-8-6-7-9-14)11-17(3)13(2)12-18-4/h13-16H,5-12H2,1-4H3. The van der Waals surface area contributed by atoms with Crippen molar-refractivity contribution < 1.29 is 4.74 Å². The van der Waals surface area contributed by atoms with Crippen LogP contribution in [0.1, 0.15) is 46.0 Å². The van der Waals surface area contributed by atoms with Crippen LogP contribution >= 0.6 is 0 Å². The summed E-state index contributed by atoms with van der Waals surface area (Å²) in [5.74, 6) is 0.883. The molecule has 108 valence electrons. The molecule has 1 aliphatic carbocycles. The molecular weight excluding hydrogens is 224 g/mol. The first-order chi connectivity index (χ1) is 8.69. The quantitative estimate of drug-likeness (QED) is 0.686. The Kier molecular flexibility index (Phi) is 7.87. The summed E-state index contributed by atoms with van der Waals surface area (Å²) in [7, 11) is 4.01. The normalized spacial score (nSPS) is 20.5. The van der Waals surface area contributed by atoms with E-state index in [1.165, 1.54) is 32.1 Å². The number of nitrogens with zero attached hydrogens (tertiary/aromatic N) is 1. The second-order valence-corrected chi connectivity index (χ2v) is 5.85. The number of rotatable bonds is 9. The molecule has 2 atom stereocenters. The first-order valence-corrected chi connectivity index (χ1v) is 7.61. The lowest BCUT2D eigenvalue weighted by Crippen LogP contribution is -2.47. The van der Waals surface area contributed by atoms with Crippen LogP contribution in [-0.2, 0) is 4.74 Å². The lowest BCUT2D eigenvalue weighted by atomic mass is 9.97. The number of likely N-dealkylation sites (N-methyl/N-ethyl adjacent to an activating group) is 1. The fourth-order valence-corrected chi connectivity index (χ4v) is 2.93. The SMILES string of the molecule is CCCNC(CN(C)C(C)COC)C1CCCC1. The van der Waals surface area contributed by atoms with E-state index in [1.54, 1.807) is 7.11 Å². The second kappa shape index (κ2) is 8.89. The predicted molar refractivity (Wildman–Crippen MR) is 78.0 cm³/mol. The van der Waals surface area contributed by atoms with Crippen LogP contribution in [0.25, 0.3) is 0 Å². The Balaban J connectivity index is 2.43. The molecule has 2 unspecified atom stereocenters. The summed E-state index contributed by atoms with van der Waals surface area (Å²) in [6, 6.07) is 1.17. The lowest BCUT2D eigenvalue weighted by Gasteiger charge is -2.32. The number of methoxy groups -OCH3 is 1. The minimum Gasteiger partial charge on any atom is -0.383 e. The number of hydrogen-bond acceptors (Lipinski definition) is 3. The van der Waals surface area contributed by atoms with Crippen molar-refractivity contribution in [3.8, 4) is 0 Å². The zero-order chi connectivity index (χ0) is 13.4. The molecule has 1 fully saturated rings. The molecule has 18 heavy (non-hydrogen) atoms. The molecule has 0 aromatic carbocycles. The van der Waals surface area contributed by atoms with E-state index in [9.17, 15) is 0 Å². The monoisotopic (exact) mass is 256 g/mol. The van der Waals surface area contributed by atoms with Crippen LogP contribution in [0.3, 0.4) is 0 Å². The van der Waals surface area contributed by atoms with E-state index in [0.29, 0.717) is 12.1 Å². The van der Waals surface area contributed by atoms with Gasteiger partial charge in [-0.1, -0.05) is 19.8 Å². The summed E-state index contributed by atoms with van der Waals surface area (Å²) in [6.45, 7) is 7.61. The van der Waals surface area contributed by atoms with E-state index in [2.05, 4.69) is 31.1 Å². The summed E-state index contributed by atoms with van der Waals surface area (Å²) >= 11 is 0. The molecule has 1 saturated carbocycles. The van der Waals surface area contributed by atoms with Crippen LogP contribution in [0.5, 0.6) is 0 Å². The highest BCUT2D eigenvalue weighted by Gasteiger charge is 2.26. The molecule has 0 aromatic rings. The molecular formula is C15H32N2O. The summed E-state index contributed by atoms with van der Waals surface area (Å²) in [6.07, 6.45) is 6.89. The van der Waals surface area contributed by atoms with Crippen molar-refractivity contribution in [1.82, 2.24) is 10.2 Å². The van der Waals surface area contributed by atoms with Crippen molar-refractivity contribution >= 4 is 0 Å². The molecule has 0 amide bonds. The first-order valence-electron chi connectivity index (χ1n) is 7.61. The first kappa shape index (κ1) is 15.9. The molecule has 3 heteroatoms. The minimum atomic E-state index is 0.502. The molecule has 3 nitrogen and oxygen atoms in total. The predicted octanol–water partition coefficient (Wildman–Crippen LogP) is 2.51. The van der Waals surface area contributed by atoms with Crippen molar-refractivity contribution in [3.05, 3.63) is 0 Å². The Hall–Kier alpha value is -0.120. The topological polar surface area (TPSA) is 24.5 Å². The molecule has 0 aromatic heterocycles. The van der Waals surface area contributed by atoms with E-state index < -0.39 is 0 Å². The Morgan fingerprint density at radius 2 is 2.00 bits per heavy atom. The highest BCUT2D eigenvalue weighted by molar-refractivity contribution is 4.83. The fraction of sp³-hybridized carbons (Fsp3) is 1.00. The summed E-state index contributed by atoms with van der Waals surface area (Å²) in [4.78, 5) is 2.44. The molecule has 0 saturated heterocycles. The zero-order valence-electron chi connectivity index (χ0n) is 12.7. The van der Waals surface area contributed by atoms with Gasteiger partial charge in [-0.15, -0.1) is 0 Å². The fourth-order valence-electron chi connectivity index (χ4n) is 2.93. The number of ether oxygens (including phenoxy) is 1. The van der Waals surface area contributed by atoms with Gasteiger partial charge in [0.05, 0.1) is 6.61 Å². The van der Waals surface area contributed by atoms with Gasteiger partial charge in [0.1, 0.15) is 0 Å². The average molecular weight is 256 g/mol. The van der Waals surface area contributed by atoms with E-state index in [-0.39, 0.29) is 0 Å². The molecule has 0 spiro atoms. The zero-order valence-corrected chi connectivity index (χ0v) is 12.7. The third-order valence-corrected chi connectivity index (χ3v) is 4.27. The van der Waals surface area contributed by atoms with Gasteiger partial charge >= 0.3 is 0 Å². The summed E-state index contributed by atoms with van der Waals surface area (Å²) in [5.41, 5.74) is 0. The number of nitrogens with one attached hydrogen (secondary N) is 1. The highest BCUT2D eigenvalue weighted by atomic mass is 16.5. The largest absolute Gasteiger partial charge is 0.383 e. The Bertz CT molecular complexity index is 205. The maximum Gasteiger partial charge on any atom is 0.0615 e. The lowest BCUT2D eigenvalue weighted by molar-refractivity contribution is 0.103. The third-order valence-electron chi connectivity index (χ3n) is 4.27. The van der Waals surface area contributed by atoms with Gasteiger partial charge in [0.15, 0.2) is 0 Å². The Morgan fingerprint density at radius 3 is 2.56 bits per heavy atom.